The van der Waals surface area contributed by atoms with E-state index in [2.05, 4.69) is 18.8 Å². The van der Waals surface area contributed by atoms with Crippen LogP contribution in [0.3, 0.4) is 0 Å². The predicted molar refractivity (Wildman–Crippen MR) is 62.2 cm³/mol. The van der Waals surface area contributed by atoms with Crippen molar-refractivity contribution >= 4 is 17.7 Å². The third kappa shape index (κ3) is 1.72. The van der Waals surface area contributed by atoms with Gasteiger partial charge >= 0.3 is 0 Å². The zero-order valence-electron chi connectivity index (χ0n) is 9.32. The van der Waals surface area contributed by atoms with E-state index < -0.39 is 0 Å². The van der Waals surface area contributed by atoms with Crippen LogP contribution < -0.4 is 0 Å². The van der Waals surface area contributed by atoms with Crippen molar-refractivity contribution in [2.45, 2.75) is 26.7 Å². The first-order valence-electron chi connectivity index (χ1n) is 5.32. The Labute approximate surface area is 90.0 Å². The first-order valence-corrected chi connectivity index (χ1v) is 5.32. The molecule has 0 spiro atoms. The molecule has 2 heteroatoms. The summed E-state index contributed by atoms with van der Waals surface area (Å²) in [6.07, 6.45) is 1.72. The Balaban J connectivity index is 2.52. The molecule has 15 heavy (non-hydrogen) atoms. The molecule has 0 radical (unpaired) electrons. The molecule has 1 aliphatic rings. The van der Waals surface area contributed by atoms with Gasteiger partial charge in [-0.25, -0.2) is 0 Å². The fourth-order valence-corrected chi connectivity index (χ4v) is 1.73. The van der Waals surface area contributed by atoms with Crippen molar-refractivity contribution in [3.63, 3.8) is 0 Å². The second-order valence-corrected chi connectivity index (χ2v) is 4.36. The molecule has 0 fully saturated rings. The van der Waals surface area contributed by atoms with Crippen LogP contribution >= 0.6 is 0 Å². The highest BCUT2D eigenvalue weighted by atomic mass is 16.1. The van der Waals surface area contributed by atoms with Crippen molar-refractivity contribution in [1.82, 2.24) is 0 Å². The number of Topliss-reactive ketones (excluding diaryl/α,β-unsaturated/α-hetero) is 1. The average Bonchev–Trinajstić information content (AvgIpc) is 2.23. The highest BCUT2D eigenvalue weighted by Gasteiger charge is 2.21. The molecule has 1 aliphatic heterocycles. The molecule has 2 nitrogen and oxygen atoms in total. The van der Waals surface area contributed by atoms with E-state index in [1.165, 1.54) is 5.56 Å². The Hall–Kier alpha value is -1.44. The van der Waals surface area contributed by atoms with Crippen LogP contribution in [-0.2, 0) is 0 Å². The van der Waals surface area contributed by atoms with Crippen LogP contribution in [0.15, 0.2) is 23.2 Å². The van der Waals surface area contributed by atoms with Gasteiger partial charge in [-0.15, -0.1) is 0 Å². The van der Waals surface area contributed by atoms with Crippen molar-refractivity contribution < 1.29 is 4.79 Å². The van der Waals surface area contributed by atoms with Gasteiger partial charge in [0.15, 0.2) is 5.78 Å². The number of nitrogens with zero attached hydrogens (tertiary/aromatic N) is 1. The SMILES string of the molecule is CC1C=Nc2ccc(C(C)C)cc2C1=O. The van der Waals surface area contributed by atoms with E-state index in [9.17, 15) is 4.79 Å². The maximum atomic E-state index is 11.9. The van der Waals surface area contributed by atoms with Crippen LogP contribution in [-0.4, -0.2) is 12.0 Å². The van der Waals surface area contributed by atoms with Gasteiger partial charge in [0.05, 0.1) is 11.6 Å². The minimum Gasteiger partial charge on any atom is -0.293 e. The van der Waals surface area contributed by atoms with E-state index in [1.807, 2.05) is 25.1 Å². The zero-order chi connectivity index (χ0) is 11.0. The predicted octanol–water partition coefficient (Wildman–Crippen LogP) is 3.34. The molecule has 0 aliphatic carbocycles. The number of carbonyl (C=O) groups excluding carboxylic acids is 1. The van der Waals surface area contributed by atoms with Crippen molar-refractivity contribution in [2.24, 2.45) is 10.9 Å². The van der Waals surface area contributed by atoms with Crippen molar-refractivity contribution in [3.8, 4) is 0 Å². The quantitative estimate of drug-likeness (QED) is 0.685. The third-order valence-electron chi connectivity index (χ3n) is 2.80. The molecule has 0 aromatic heterocycles. The molecule has 0 N–H and O–H groups in total. The van der Waals surface area contributed by atoms with Crippen molar-refractivity contribution in [3.05, 3.63) is 29.3 Å². The first kappa shape index (κ1) is 10.1. The minimum atomic E-state index is -0.0834. The molecule has 1 atom stereocenters. The molecule has 1 unspecified atom stereocenters. The summed E-state index contributed by atoms with van der Waals surface area (Å²) in [4.78, 5) is 16.2. The number of fused-ring (bicyclic) bond motifs is 1. The Bertz CT molecular complexity index is 432. The summed E-state index contributed by atoms with van der Waals surface area (Å²) in [6.45, 7) is 6.14. The van der Waals surface area contributed by atoms with Crippen LogP contribution in [0.5, 0.6) is 0 Å². The summed E-state index contributed by atoms with van der Waals surface area (Å²) in [5.74, 6) is 0.548. The molecule has 0 saturated carbocycles. The fourth-order valence-electron chi connectivity index (χ4n) is 1.73. The average molecular weight is 201 g/mol. The van der Waals surface area contributed by atoms with Crippen molar-refractivity contribution in [1.29, 1.82) is 0 Å². The van der Waals surface area contributed by atoms with E-state index in [1.54, 1.807) is 6.21 Å². The Morgan fingerprint density at radius 1 is 1.33 bits per heavy atom. The highest BCUT2D eigenvalue weighted by Crippen LogP contribution is 2.29. The minimum absolute atomic E-state index is 0.0834. The van der Waals surface area contributed by atoms with Gasteiger partial charge in [-0.3, -0.25) is 9.79 Å². The van der Waals surface area contributed by atoms with Gasteiger partial charge in [-0.05, 0) is 23.6 Å². The molecule has 1 heterocycles. The second-order valence-electron chi connectivity index (χ2n) is 4.36. The Morgan fingerprint density at radius 3 is 2.73 bits per heavy atom. The summed E-state index contributed by atoms with van der Waals surface area (Å²) in [5.41, 5.74) is 2.78. The molecular weight excluding hydrogens is 186 g/mol. The third-order valence-corrected chi connectivity index (χ3v) is 2.80. The lowest BCUT2D eigenvalue weighted by Crippen LogP contribution is -2.16. The maximum absolute atomic E-state index is 11.9. The number of hydrogen-bond acceptors (Lipinski definition) is 2. The van der Waals surface area contributed by atoms with Gasteiger partial charge in [0, 0.05) is 11.8 Å². The zero-order valence-corrected chi connectivity index (χ0v) is 9.32. The molecule has 0 bridgehead atoms. The van der Waals surface area contributed by atoms with Gasteiger partial charge in [-0.1, -0.05) is 26.8 Å². The summed E-state index contributed by atoms with van der Waals surface area (Å²) < 4.78 is 0. The molecule has 1 aromatic carbocycles. The molecule has 0 saturated heterocycles. The smallest absolute Gasteiger partial charge is 0.173 e. The van der Waals surface area contributed by atoms with Crippen LogP contribution in [0.1, 0.15) is 42.6 Å². The number of ketones is 1. The van der Waals surface area contributed by atoms with Crippen molar-refractivity contribution in [2.75, 3.05) is 0 Å². The lowest BCUT2D eigenvalue weighted by molar-refractivity contribution is 0.0962. The monoisotopic (exact) mass is 201 g/mol. The lowest BCUT2D eigenvalue weighted by Gasteiger charge is -2.15. The summed E-state index contributed by atoms with van der Waals surface area (Å²) in [5, 5.41) is 0. The second kappa shape index (κ2) is 3.61. The lowest BCUT2D eigenvalue weighted by atomic mass is 9.92. The van der Waals surface area contributed by atoms with Crippen LogP contribution in [0.4, 0.5) is 5.69 Å². The number of aliphatic imine (C=N–C) groups is 1. The van der Waals surface area contributed by atoms with Gasteiger partial charge in [0.1, 0.15) is 0 Å². The van der Waals surface area contributed by atoms with Gasteiger partial charge in [0.25, 0.3) is 0 Å². The fraction of sp³-hybridized carbons (Fsp3) is 0.385. The number of benzene rings is 1. The highest BCUT2D eigenvalue weighted by molar-refractivity contribution is 6.12. The summed E-state index contributed by atoms with van der Waals surface area (Å²) in [6, 6.07) is 5.96. The molecule has 78 valence electrons. The van der Waals surface area contributed by atoms with E-state index in [0.29, 0.717) is 5.92 Å². The Morgan fingerprint density at radius 2 is 2.07 bits per heavy atom. The number of rotatable bonds is 1. The van der Waals surface area contributed by atoms with Crippen LogP contribution in [0, 0.1) is 5.92 Å². The van der Waals surface area contributed by atoms with Crippen LogP contribution in [0.25, 0.3) is 0 Å². The molecular formula is C13H15NO. The molecule has 1 aromatic rings. The van der Waals surface area contributed by atoms with E-state index in [-0.39, 0.29) is 11.7 Å². The number of carbonyl (C=O) groups is 1. The summed E-state index contributed by atoms with van der Waals surface area (Å²) >= 11 is 0. The number of hydrogen-bond donors (Lipinski definition) is 0. The molecule has 0 amide bonds. The maximum Gasteiger partial charge on any atom is 0.173 e. The topological polar surface area (TPSA) is 29.4 Å². The summed E-state index contributed by atoms with van der Waals surface area (Å²) in [7, 11) is 0. The normalized spacial score (nSPS) is 19.5. The van der Waals surface area contributed by atoms with Gasteiger partial charge in [0.2, 0.25) is 0 Å². The Kier molecular flexibility index (Phi) is 2.43. The van der Waals surface area contributed by atoms with E-state index in [4.69, 9.17) is 0 Å². The molecule has 2 rings (SSSR count). The van der Waals surface area contributed by atoms with E-state index >= 15 is 0 Å². The first-order chi connectivity index (χ1) is 7.09. The van der Waals surface area contributed by atoms with E-state index in [0.717, 1.165) is 11.3 Å². The van der Waals surface area contributed by atoms with Crippen LogP contribution in [0.2, 0.25) is 0 Å². The standard InChI is InChI=1S/C13H15NO/c1-8(2)10-4-5-12-11(6-10)13(15)9(3)7-14-12/h4-9H,1-3H3. The largest absolute Gasteiger partial charge is 0.293 e. The van der Waals surface area contributed by atoms with Gasteiger partial charge in [-0.2, -0.15) is 0 Å². The van der Waals surface area contributed by atoms with Gasteiger partial charge < -0.3 is 0 Å².